The predicted octanol–water partition coefficient (Wildman–Crippen LogP) is 7.17. The Balaban J connectivity index is 0.00000274. The van der Waals surface area contributed by atoms with Crippen LogP contribution in [0.15, 0.2) is 41.2 Å². The second kappa shape index (κ2) is 16.0. The van der Waals surface area contributed by atoms with E-state index >= 15 is 0 Å². The summed E-state index contributed by atoms with van der Waals surface area (Å²) in [6, 6.07) is 3.47. The molecule has 1 aliphatic heterocycles. The number of benzene rings is 1. The Morgan fingerprint density at radius 1 is 1.15 bits per heavy atom. The highest BCUT2D eigenvalue weighted by Gasteiger charge is 2.28. The van der Waals surface area contributed by atoms with Gasteiger partial charge in [-0.2, -0.15) is 0 Å². The van der Waals surface area contributed by atoms with Crippen LogP contribution in [0, 0.1) is 17.6 Å². The van der Waals surface area contributed by atoms with E-state index in [2.05, 4.69) is 9.64 Å². The lowest BCUT2D eigenvalue weighted by Gasteiger charge is -2.32. The molecule has 2 aromatic rings. The predicted molar refractivity (Wildman–Crippen MR) is 146 cm³/mol. The molecule has 2 heterocycles. The van der Waals surface area contributed by atoms with Gasteiger partial charge < -0.3 is 4.74 Å². The monoisotopic (exact) mass is 593 g/mol. The molecule has 0 amide bonds. The molecule has 0 saturated carbocycles. The molecule has 0 unspecified atom stereocenters. The van der Waals surface area contributed by atoms with Gasteiger partial charge in [0.2, 0.25) is 0 Å². The Kier molecular flexibility index (Phi) is 13.4. The fraction of sp³-hybridized carbons (Fsp3) is 0.536. The fourth-order valence-corrected chi connectivity index (χ4v) is 4.64. The van der Waals surface area contributed by atoms with Gasteiger partial charge in [-0.25, -0.2) is 13.5 Å². The molecule has 1 fully saturated rings. The zero-order chi connectivity index (χ0) is 29.9. The van der Waals surface area contributed by atoms with E-state index in [9.17, 15) is 26.7 Å². The van der Waals surface area contributed by atoms with Gasteiger partial charge in [0.05, 0.1) is 24.6 Å². The van der Waals surface area contributed by atoms with Crippen molar-refractivity contribution < 1.29 is 31.4 Å². The molecule has 0 bridgehead atoms. The van der Waals surface area contributed by atoms with E-state index in [4.69, 9.17) is 16.3 Å². The molecular formula is C28H37ClF5N3O3. The van der Waals surface area contributed by atoms with Crippen molar-refractivity contribution >= 4 is 17.3 Å². The second-order valence-corrected chi connectivity index (χ2v) is 9.41. The first-order chi connectivity index (χ1) is 19.0. The van der Waals surface area contributed by atoms with Crippen LogP contribution in [0.4, 0.5) is 22.0 Å². The Morgan fingerprint density at radius 2 is 1.82 bits per heavy atom. The molecule has 0 N–H and O–H groups in total. The van der Waals surface area contributed by atoms with Gasteiger partial charge in [0.15, 0.2) is 11.6 Å². The molecule has 1 aromatic heterocycles. The molecule has 224 valence electrons. The number of piperidine rings is 1. The fourth-order valence-electron chi connectivity index (χ4n) is 4.38. The molecule has 1 saturated heterocycles. The minimum Gasteiger partial charge on any atom is -0.493 e. The molecule has 3 rings (SSSR count). The number of nitrogens with zero attached hydrogens (tertiary/aromatic N) is 3. The van der Waals surface area contributed by atoms with Crippen molar-refractivity contribution in [1.82, 2.24) is 14.3 Å². The SMILES string of the molecule is CC.CC/C=C(\C=C/COC(F)(F)F)n1c(=O)c(Cl)c(CN2CCC(CCOc3ccc(F)c(F)c3)CC2)n1C. The third kappa shape index (κ3) is 9.78. The minimum atomic E-state index is -4.74. The first-order valence-corrected chi connectivity index (χ1v) is 13.7. The molecule has 12 heteroatoms. The maximum Gasteiger partial charge on any atom is 0.522 e. The second-order valence-electron chi connectivity index (χ2n) is 9.03. The van der Waals surface area contributed by atoms with Crippen molar-refractivity contribution in [3.8, 4) is 5.75 Å². The largest absolute Gasteiger partial charge is 0.522 e. The molecule has 0 aliphatic carbocycles. The standard InChI is InChI=1S/C26H31ClF5N3O3.C2H6/c1-3-5-19(6-4-14-38-26(30,31)32)35-25(36)24(27)23(33(35)2)17-34-12-9-18(10-13-34)11-15-37-20-7-8-21(28)22(29)16-20;1-2/h4-8,16,18H,3,9-15,17H2,1-2H3;1-2H3/b6-4-,19-5+;. The topological polar surface area (TPSA) is 48.6 Å². The van der Waals surface area contributed by atoms with Crippen LogP contribution in [-0.4, -0.2) is 46.9 Å². The molecule has 0 radical (unpaired) electrons. The number of alkyl halides is 3. The number of aromatic nitrogens is 2. The van der Waals surface area contributed by atoms with Crippen molar-refractivity contribution in [2.24, 2.45) is 13.0 Å². The van der Waals surface area contributed by atoms with E-state index in [1.165, 1.54) is 22.9 Å². The van der Waals surface area contributed by atoms with Gasteiger partial charge in [0.25, 0.3) is 5.56 Å². The summed E-state index contributed by atoms with van der Waals surface area (Å²) in [6.45, 7) is 7.56. The zero-order valence-corrected chi connectivity index (χ0v) is 24.0. The Bertz CT molecular complexity index is 1200. The summed E-state index contributed by atoms with van der Waals surface area (Å²) in [5.41, 5.74) is 0.562. The lowest BCUT2D eigenvalue weighted by molar-refractivity contribution is -0.319. The lowest BCUT2D eigenvalue weighted by Crippen LogP contribution is -2.34. The third-order valence-electron chi connectivity index (χ3n) is 6.38. The smallest absolute Gasteiger partial charge is 0.493 e. The van der Waals surface area contributed by atoms with Gasteiger partial charge >= 0.3 is 6.36 Å². The summed E-state index contributed by atoms with van der Waals surface area (Å²) in [6.07, 6.45) is 2.72. The van der Waals surface area contributed by atoms with Crippen molar-refractivity contribution in [2.75, 3.05) is 26.3 Å². The van der Waals surface area contributed by atoms with Crippen LogP contribution in [0.5, 0.6) is 5.75 Å². The summed E-state index contributed by atoms with van der Waals surface area (Å²) in [5, 5.41) is 0.0662. The van der Waals surface area contributed by atoms with E-state index in [1.54, 1.807) is 17.8 Å². The van der Waals surface area contributed by atoms with Crippen LogP contribution in [0.2, 0.25) is 5.02 Å². The van der Waals surface area contributed by atoms with Crippen LogP contribution in [-0.2, 0) is 18.3 Å². The van der Waals surface area contributed by atoms with Crippen LogP contribution in [0.1, 0.15) is 52.1 Å². The molecular weight excluding hydrogens is 557 g/mol. The van der Waals surface area contributed by atoms with E-state index in [0.717, 1.165) is 44.5 Å². The number of halogens is 6. The van der Waals surface area contributed by atoms with Crippen LogP contribution < -0.4 is 10.3 Å². The summed E-state index contributed by atoms with van der Waals surface area (Å²) in [4.78, 5) is 15.1. The van der Waals surface area contributed by atoms with Crippen molar-refractivity contribution in [2.45, 2.75) is 59.4 Å². The lowest BCUT2D eigenvalue weighted by atomic mass is 9.94. The summed E-state index contributed by atoms with van der Waals surface area (Å²) >= 11 is 6.41. The van der Waals surface area contributed by atoms with Gasteiger partial charge in [-0.1, -0.05) is 44.5 Å². The number of ether oxygens (including phenoxy) is 2. The van der Waals surface area contributed by atoms with Gasteiger partial charge in [-0.05, 0) is 62.9 Å². The van der Waals surface area contributed by atoms with Crippen LogP contribution >= 0.6 is 11.6 Å². The Hall–Kier alpha value is -2.63. The summed E-state index contributed by atoms with van der Waals surface area (Å²) in [7, 11) is 1.69. The molecule has 6 nitrogen and oxygen atoms in total. The maximum atomic E-state index is 13.3. The van der Waals surface area contributed by atoms with Gasteiger partial charge in [0.1, 0.15) is 10.8 Å². The number of rotatable bonds is 11. The summed E-state index contributed by atoms with van der Waals surface area (Å²) < 4.78 is 75.4. The first kappa shape index (κ1) is 33.6. The maximum absolute atomic E-state index is 13.3. The molecule has 0 spiro atoms. The highest BCUT2D eigenvalue weighted by Crippen LogP contribution is 2.25. The Morgan fingerprint density at radius 3 is 2.42 bits per heavy atom. The van der Waals surface area contributed by atoms with E-state index in [0.29, 0.717) is 42.6 Å². The third-order valence-corrected chi connectivity index (χ3v) is 6.76. The minimum absolute atomic E-state index is 0.0662. The highest BCUT2D eigenvalue weighted by atomic mass is 35.5. The Labute approximate surface area is 236 Å². The van der Waals surface area contributed by atoms with E-state index in [-0.39, 0.29) is 5.02 Å². The van der Waals surface area contributed by atoms with Crippen LogP contribution in [0.25, 0.3) is 5.70 Å². The quantitative estimate of drug-likeness (QED) is 0.205. The summed E-state index contributed by atoms with van der Waals surface area (Å²) in [5.74, 6) is -1.16. The average Bonchev–Trinajstić information content (AvgIpc) is 3.12. The van der Waals surface area contributed by atoms with Crippen molar-refractivity contribution in [3.05, 3.63) is 69.1 Å². The van der Waals surface area contributed by atoms with E-state index < -0.39 is 30.2 Å². The zero-order valence-electron chi connectivity index (χ0n) is 23.2. The number of likely N-dealkylation sites (tertiary alicyclic amines) is 1. The highest BCUT2D eigenvalue weighted by molar-refractivity contribution is 6.31. The van der Waals surface area contributed by atoms with Crippen molar-refractivity contribution in [3.63, 3.8) is 0 Å². The molecule has 0 atom stereocenters. The van der Waals surface area contributed by atoms with Gasteiger partial charge in [0, 0.05) is 19.7 Å². The van der Waals surface area contributed by atoms with Gasteiger partial charge in [-0.15, -0.1) is 13.2 Å². The molecule has 1 aromatic carbocycles. The van der Waals surface area contributed by atoms with E-state index in [1.807, 2.05) is 20.8 Å². The van der Waals surface area contributed by atoms with Gasteiger partial charge in [-0.3, -0.25) is 19.1 Å². The average molecular weight is 594 g/mol. The number of allylic oxidation sites excluding steroid dienone is 3. The first-order valence-electron chi connectivity index (χ1n) is 13.3. The van der Waals surface area contributed by atoms with Crippen molar-refractivity contribution in [1.29, 1.82) is 0 Å². The number of hydrogen-bond acceptors (Lipinski definition) is 4. The number of hydrogen-bond donors (Lipinski definition) is 0. The molecule has 1 aliphatic rings. The normalized spacial score (nSPS) is 15.4. The van der Waals surface area contributed by atoms with Crippen LogP contribution in [0.3, 0.4) is 0 Å². The molecule has 40 heavy (non-hydrogen) atoms.